The summed E-state index contributed by atoms with van der Waals surface area (Å²) in [5.74, 6) is -0.519. The predicted molar refractivity (Wildman–Crippen MR) is 91.6 cm³/mol. The first-order chi connectivity index (χ1) is 12.1. The van der Waals surface area contributed by atoms with E-state index in [1.165, 1.54) is 18.3 Å². The number of aromatic hydroxyl groups is 1. The summed E-state index contributed by atoms with van der Waals surface area (Å²) in [7, 11) is 0. The molecule has 5 nitrogen and oxygen atoms in total. The van der Waals surface area contributed by atoms with Gasteiger partial charge in [0.1, 0.15) is 23.1 Å². The normalized spacial score (nSPS) is 10.9. The van der Waals surface area contributed by atoms with Crippen LogP contribution in [0.15, 0.2) is 52.0 Å². The molecule has 0 aliphatic heterocycles. The number of nitrogens with zero attached hydrogens (tertiary/aromatic N) is 3. The van der Waals surface area contributed by atoms with Gasteiger partial charge in [-0.3, -0.25) is 4.99 Å². The summed E-state index contributed by atoms with van der Waals surface area (Å²) in [5, 5.41) is 23.0. The molecule has 1 N–H and O–H groups in total. The molecule has 1 aromatic heterocycles. The Balaban J connectivity index is 1.86. The van der Waals surface area contributed by atoms with E-state index in [0.29, 0.717) is 22.0 Å². The summed E-state index contributed by atoms with van der Waals surface area (Å²) in [6.45, 7) is 0. The van der Waals surface area contributed by atoms with Crippen molar-refractivity contribution in [2.24, 2.45) is 4.99 Å². The number of halogens is 2. The molecule has 0 fully saturated rings. The standard InChI is InChI=1S/C18H11ClFN3O2/c19-14-4-2-1-3-12(14)18-13(10-21)17(25-23-18)7-8-22-16-6-5-11(24)9-15(16)20/h1-6,8-9,24H,7H2. The second-order valence-electron chi connectivity index (χ2n) is 5.07. The van der Waals surface area contributed by atoms with Crippen molar-refractivity contribution in [2.45, 2.75) is 6.42 Å². The molecule has 0 radical (unpaired) electrons. The minimum Gasteiger partial charge on any atom is -0.508 e. The van der Waals surface area contributed by atoms with Gasteiger partial charge in [0.2, 0.25) is 0 Å². The van der Waals surface area contributed by atoms with Crippen LogP contribution in [0.5, 0.6) is 5.75 Å². The summed E-state index contributed by atoms with van der Waals surface area (Å²) in [6.07, 6.45) is 1.56. The SMILES string of the molecule is N#Cc1c(-c2ccccc2Cl)noc1CC=Nc1ccc(O)cc1F. The molecule has 2 aromatic carbocycles. The third-order valence-electron chi connectivity index (χ3n) is 3.44. The molecule has 0 atom stereocenters. The summed E-state index contributed by atoms with van der Waals surface area (Å²) in [4.78, 5) is 3.98. The smallest absolute Gasteiger partial charge is 0.160 e. The van der Waals surface area contributed by atoms with Crippen LogP contribution >= 0.6 is 11.6 Å². The van der Waals surface area contributed by atoms with E-state index >= 15 is 0 Å². The minimum absolute atomic E-state index is 0.0714. The lowest BCUT2D eigenvalue weighted by molar-refractivity contribution is 0.395. The Morgan fingerprint density at radius 2 is 2.12 bits per heavy atom. The van der Waals surface area contributed by atoms with Crippen molar-refractivity contribution in [2.75, 3.05) is 0 Å². The number of benzene rings is 2. The van der Waals surface area contributed by atoms with E-state index in [4.69, 9.17) is 16.1 Å². The maximum atomic E-state index is 13.6. The van der Waals surface area contributed by atoms with Crippen LogP contribution in [0.25, 0.3) is 11.3 Å². The van der Waals surface area contributed by atoms with Gasteiger partial charge in [0.15, 0.2) is 11.6 Å². The van der Waals surface area contributed by atoms with Gasteiger partial charge in [-0.05, 0) is 18.2 Å². The molecule has 124 valence electrons. The van der Waals surface area contributed by atoms with Gasteiger partial charge in [0, 0.05) is 24.3 Å². The van der Waals surface area contributed by atoms with E-state index in [1.54, 1.807) is 24.3 Å². The summed E-state index contributed by atoms with van der Waals surface area (Å²) >= 11 is 6.13. The molecule has 1 heterocycles. The molecule has 0 saturated heterocycles. The second-order valence-corrected chi connectivity index (χ2v) is 5.48. The second kappa shape index (κ2) is 7.16. The van der Waals surface area contributed by atoms with E-state index in [-0.39, 0.29) is 23.4 Å². The van der Waals surface area contributed by atoms with Crippen LogP contribution in [0.1, 0.15) is 11.3 Å². The number of phenols is 1. The predicted octanol–water partition coefficient (Wildman–Crippen LogP) is 4.66. The summed E-state index contributed by atoms with van der Waals surface area (Å²) in [5.41, 5.74) is 1.28. The van der Waals surface area contributed by atoms with Crippen molar-refractivity contribution in [3.8, 4) is 23.1 Å². The molecule has 0 aliphatic rings. The number of aromatic nitrogens is 1. The van der Waals surface area contributed by atoms with Crippen LogP contribution in [0, 0.1) is 17.1 Å². The molecule has 3 rings (SSSR count). The Labute approximate surface area is 147 Å². The van der Waals surface area contributed by atoms with Crippen LogP contribution in [0.4, 0.5) is 10.1 Å². The van der Waals surface area contributed by atoms with Crippen LogP contribution < -0.4 is 0 Å². The fraction of sp³-hybridized carbons (Fsp3) is 0.0556. The van der Waals surface area contributed by atoms with Crippen molar-refractivity contribution in [3.63, 3.8) is 0 Å². The average molecular weight is 356 g/mol. The maximum absolute atomic E-state index is 13.6. The van der Waals surface area contributed by atoms with Gasteiger partial charge in [-0.25, -0.2) is 4.39 Å². The van der Waals surface area contributed by atoms with Crippen molar-refractivity contribution >= 4 is 23.5 Å². The number of rotatable bonds is 4. The fourth-order valence-corrected chi connectivity index (χ4v) is 2.47. The van der Waals surface area contributed by atoms with Crippen LogP contribution in [-0.2, 0) is 6.42 Å². The summed E-state index contributed by atoms with van der Waals surface area (Å²) < 4.78 is 18.8. The number of hydrogen-bond acceptors (Lipinski definition) is 5. The highest BCUT2D eigenvalue weighted by atomic mass is 35.5. The molecule has 0 unspecified atom stereocenters. The van der Waals surface area contributed by atoms with E-state index in [2.05, 4.69) is 16.2 Å². The Morgan fingerprint density at radius 1 is 1.32 bits per heavy atom. The number of nitriles is 1. The lowest BCUT2D eigenvalue weighted by Crippen LogP contribution is -1.89. The number of aliphatic imine (C=N–C) groups is 1. The number of phenolic OH excluding ortho intramolecular Hbond substituents is 1. The van der Waals surface area contributed by atoms with Crippen molar-refractivity contribution < 1.29 is 14.0 Å². The molecule has 0 saturated carbocycles. The van der Waals surface area contributed by atoms with Gasteiger partial charge in [0.25, 0.3) is 0 Å². The maximum Gasteiger partial charge on any atom is 0.160 e. The van der Waals surface area contributed by atoms with Crippen LogP contribution in [0.3, 0.4) is 0 Å². The Kier molecular flexibility index (Phi) is 4.78. The summed E-state index contributed by atoms with van der Waals surface area (Å²) in [6, 6.07) is 12.7. The monoisotopic (exact) mass is 355 g/mol. The van der Waals surface area contributed by atoms with Gasteiger partial charge >= 0.3 is 0 Å². The van der Waals surface area contributed by atoms with Crippen LogP contribution in [-0.4, -0.2) is 16.5 Å². The topological polar surface area (TPSA) is 82.4 Å². The van der Waals surface area contributed by atoms with Gasteiger partial charge in [-0.1, -0.05) is 35.0 Å². The first-order valence-corrected chi connectivity index (χ1v) is 7.62. The quantitative estimate of drug-likeness (QED) is 0.690. The number of hydrogen-bond donors (Lipinski definition) is 1. The van der Waals surface area contributed by atoms with E-state index < -0.39 is 5.82 Å². The Bertz CT molecular complexity index is 992. The fourth-order valence-electron chi connectivity index (χ4n) is 2.24. The van der Waals surface area contributed by atoms with Gasteiger partial charge in [0.05, 0.1) is 10.7 Å². The molecule has 3 aromatic rings. The van der Waals surface area contributed by atoms with Crippen molar-refractivity contribution in [3.05, 3.63) is 64.6 Å². The van der Waals surface area contributed by atoms with Crippen molar-refractivity contribution in [1.29, 1.82) is 5.26 Å². The first-order valence-electron chi connectivity index (χ1n) is 7.24. The third-order valence-corrected chi connectivity index (χ3v) is 3.77. The molecular formula is C18H11ClFN3O2. The molecule has 25 heavy (non-hydrogen) atoms. The molecule has 0 amide bonds. The van der Waals surface area contributed by atoms with Gasteiger partial charge in [-0.2, -0.15) is 5.26 Å². The van der Waals surface area contributed by atoms with E-state index in [0.717, 1.165) is 6.07 Å². The Hall–Kier alpha value is -3.17. The third kappa shape index (κ3) is 3.52. The zero-order chi connectivity index (χ0) is 17.8. The first kappa shape index (κ1) is 16.7. The molecule has 0 bridgehead atoms. The van der Waals surface area contributed by atoms with E-state index in [1.807, 2.05) is 0 Å². The van der Waals surface area contributed by atoms with E-state index in [9.17, 15) is 14.8 Å². The Morgan fingerprint density at radius 3 is 2.84 bits per heavy atom. The lowest BCUT2D eigenvalue weighted by Gasteiger charge is -1.99. The lowest BCUT2D eigenvalue weighted by atomic mass is 10.1. The zero-order valence-corrected chi connectivity index (χ0v) is 13.5. The van der Waals surface area contributed by atoms with Crippen LogP contribution in [0.2, 0.25) is 5.02 Å². The highest BCUT2D eigenvalue weighted by Gasteiger charge is 2.18. The van der Waals surface area contributed by atoms with Gasteiger partial charge < -0.3 is 9.63 Å². The average Bonchev–Trinajstić information content (AvgIpc) is 3.00. The highest BCUT2D eigenvalue weighted by Crippen LogP contribution is 2.31. The van der Waals surface area contributed by atoms with Gasteiger partial charge in [-0.15, -0.1) is 0 Å². The highest BCUT2D eigenvalue weighted by molar-refractivity contribution is 6.33. The minimum atomic E-state index is -0.647. The molecular weight excluding hydrogens is 345 g/mol. The molecule has 7 heteroatoms. The largest absolute Gasteiger partial charge is 0.508 e. The molecule has 0 aliphatic carbocycles. The van der Waals surface area contributed by atoms with Crippen molar-refractivity contribution in [1.82, 2.24) is 5.16 Å². The molecule has 0 spiro atoms. The zero-order valence-electron chi connectivity index (χ0n) is 12.8.